The Morgan fingerprint density at radius 1 is 1.09 bits per heavy atom. The van der Waals surface area contributed by atoms with E-state index in [0.29, 0.717) is 11.9 Å². The van der Waals surface area contributed by atoms with Crippen LogP contribution in [0.4, 0.5) is 0 Å². The number of H-pyrrole nitrogens is 1. The van der Waals surface area contributed by atoms with Crippen LogP contribution in [0.3, 0.4) is 0 Å². The second-order valence-electron chi connectivity index (χ2n) is 5.10. The maximum absolute atomic E-state index is 12.1. The summed E-state index contributed by atoms with van der Waals surface area (Å²) in [4.78, 5) is 14.9. The lowest BCUT2D eigenvalue weighted by Crippen LogP contribution is -2.32. The molecule has 1 heterocycles. The van der Waals surface area contributed by atoms with Gasteiger partial charge in [-0.2, -0.15) is 0 Å². The number of benzene rings is 2. The summed E-state index contributed by atoms with van der Waals surface area (Å²) in [6.07, 6.45) is 1.88. The highest BCUT2D eigenvalue weighted by molar-refractivity contribution is 5.49. The lowest BCUT2D eigenvalue weighted by Gasteiger charge is -2.02. The second kappa shape index (κ2) is 5.77. The lowest BCUT2D eigenvalue weighted by atomic mass is 10.2. The van der Waals surface area contributed by atoms with E-state index < -0.39 is 0 Å². The average molecular weight is 292 g/mol. The van der Waals surface area contributed by atoms with Crippen molar-refractivity contribution in [1.29, 1.82) is 0 Å². The third-order valence-corrected chi connectivity index (χ3v) is 3.48. The molecule has 22 heavy (non-hydrogen) atoms. The average Bonchev–Trinajstić information content (AvgIpc) is 2.77. The Bertz CT molecular complexity index is 935. The zero-order chi connectivity index (χ0) is 15.5. The van der Waals surface area contributed by atoms with Gasteiger partial charge in [-0.1, -0.05) is 49.0 Å². The first-order valence-corrected chi connectivity index (χ1v) is 6.96. The number of aromatic nitrogens is 2. The molecule has 0 aliphatic heterocycles. The van der Waals surface area contributed by atoms with Gasteiger partial charge >= 0.3 is 5.69 Å². The van der Waals surface area contributed by atoms with Crippen LogP contribution in [0.5, 0.6) is 5.75 Å². The number of hydrogen-bond donors (Lipinski definition) is 2. The molecule has 0 amide bonds. The predicted octanol–water partition coefficient (Wildman–Crippen LogP) is 1.17. The van der Waals surface area contributed by atoms with Crippen LogP contribution in [0.25, 0.3) is 12.7 Å². The van der Waals surface area contributed by atoms with Gasteiger partial charge in [-0.25, -0.2) is 4.79 Å². The van der Waals surface area contributed by atoms with E-state index in [0.717, 1.165) is 16.5 Å². The summed E-state index contributed by atoms with van der Waals surface area (Å²) < 4.78 is 1.66. The Labute approximate surface area is 127 Å². The standard InChI is InChI=1S/C18H16N2O2/c1-13-17(11-14-7-9-16(21)10-8-14)20(18(22)19-13)12-15-5-3-2-4-6-15/h2-11,21H,1,12H2,(H,19,22)/b17-11+. The Kier molecular flexibility index (Phi) is 3.66. The molecule has 4 nitrogen and oxygen atoms in total. The molecule has 1 aromatic heterocycles. The van der Waals surface area contributed by atoms with Gasteiger partial charge in [0.25, 0.3) is 0 Å². The van der Waals surface area contributed by atoms with Crippen molar-refractivity contribution < 1.29 is 5.11 Å². The summed E-state index contributed by atoms with van der Waals surface area (Å²) in [5.74, 6) is 0.211. The highest BCUT2D eigenvalue weighted by atomic mass is 16.3. The van der Waals surface area contributed by atoms with Crippen LogP contribution in [0.1, 0.15) is 11.1 Å². The molecule has 0 spiro atoms. The molecular weight excluding hydrogens is 276 g/mol. The van der Waals surface area contributed by atoms with Crippen molar-refractivity contribution in [2.24, 2.45) is 0 Å². The maximum atomic E-state index is 12.1. The normalized spacial score (nSPS) is 11.7. The predicted molar refractivity (Wildman–Crippen MR) is 87.0 cm³/mol. The van der Waals surface area contributed by atoms with Gasteiger partial charge in [-0.3, -0.25) is 4.57 Å². The Hall–Kier alpha value is -3.01. The van der Waals surface area contributed by atoms with E-state index in [-0.39, 0.29) is 11.4 Å². The van der Waals surface area contributed by atoms with Crippen molar-refractivity contribution >= 4 is 12.7 Å². The molecule has 0 atom stereocenters. The monoisotopic (exact) mass is 292 g/mol. The molecule has 0 saturated carbocycles. The topological polar surface area (TPSA) is 58.0 Å². The molecule has 0 aliphatic carbocycles. The largest absolute Gasteiger partial charge is 0.508 e. The molecule has 3 rings (SSSR count). The molecule has 0 fully saturated rings. The summed E-state index contributed by atoms with van der Waals surface area (Å²) in [7, 11) is 0. The number of aromatic amines is 1. The van der Waals surface area contributed by atoms with E-state index in [2.05, 4.69) is 11.6 Å². The minimum absolute atomic E-state index is 0.182. The maximum Gasteiger partial charge on any atom is 0.326 e. The number of phenols is 1. The van der Waals surface area contributed by atoms with Crippen molar-refractivity contribution in [3.8, 4) is 5.75 Å². The SMILES string of the molecule is C=c1[nH]c(=O)n(Cc2ccccc2)/c1=C/c1ccc(O)cc1. The fourth-order valence-corrected chi connectivity index (χ4v) is 2.35. The Balaban J connectivity index is 2.10. The molecule has 2 N–H and O–H groups in total. The molecule has 110 valence electrons. The highest BCUT2D eigenvalue weighted by Gasteiger charge is 2.03. The molecule has 0 aliphatic rings. The zero-order valence-corrected chi connectivity index (χ0v) is 12.0. The van der Waals surface area contributed by atoms with Crippen LogP contribution >= 0.6 is 0 Å². The number of imidazole rings is 1. The van der Waals surface area contributed by atoms with Gasteiger partial charge in [0.15, 0.2) is 0 Å². The summed E-state index contributed by atoms with van der Waals surface area (Å²) in [6.45, 7) is 4.38. The fraction of sp³-hybridized carbons (Fsp3) is 0.0556. The first kappa shape index (κ1) is 13.9. The van der Waals surface area contributed by atoms with Crippen LogP contribution in [-0.2, 0) is 6.54 Å². The third kappa shape index (κ3) is 2.86. The van der Waals surface area contributed by atoms with Crippen molar-refractivity contribution in [2.45, 2.75) is 6.54 Å². The van der Waals surface area contributed by atoms with Crippen LogP contribution in [0, 0.1) is 0 Å². The third-order valence-electron chi connectivity index (χ3n) is 3.48. The smallest absolute Gasteiger partial charge is 0.326 e. The number of aromatic hydroxyl groups is 1. The van der Waals surface area contributed by atoms with Gasteiger partial charge in [-0.15, -0.1) is 0 Å². The Morgan fingerprint density at radius 3 is 2.45 bits per heavy atom. The molecule has 2 aromatic carbocycles. The highest BCUT2D eigenvalue weighted by Crippen LogP contribution is 2.09. The molecular formula is C18H16N2O2. The molecule has 0 radical (unpaired) electrons. The number of nitrogens with zero attached hydrogens (tertiary/aromatic N) is 1. The molecule has 3 aromatic rings. The van der Waals surface area contributed by atoms with Crippen LogP contribution in [0.15, 0.2) is 59.4 Å². The lowest BCUT2D eigenvalue weighted by molar-refractivity contribution is 0.475. The van der Waals surface area contributed by atoms with Crippen LogP contribution < -0.4 is 16.4 Å². The van der Waals surface area contributed by atoms with Crippen molar-refractivity contribution in [2.75, 3.05) is 0 Å². The van der Waals surface area contributed by atoms with E-state index >= 15 is 0 Å². The minimum Gasteiger partial charge on any atom is -0.508 e. The van der Waals surface area contributed by atoms with Gasteiger partial charge in [0, 0.05) is 0 Å². The molecule has 0 saturated heterocycles. The van der Waals surface area contributed by atoms with Crippen LogP contribution in [-0.4, -0.2) is 14.7 Å². The Morgan fingerprint density at radius 2 is 1.77 bits per heavy atom. The van der Waals surface area contributed by atoms with Crippen molar-refractivity contribution in [1.82, 2.24) is 9.55 Å². The van der Waals surface area contributed by atoms with Gasteiger partial charge in [-0.05, 0) is 29.3 Å². The van der Waals surface area contributed by atoms with E-state index in [1.165, 1.54) is 0 Å². The number of hydrogen-bond acceptors (Lipinski definition) is 2. The van der Waals surface area contributed by atoms with E-state index in [1.54, 1.807) is 28.8 Å². The van der Waals surface area contributed by atoms with Gasteiger partial charge < -0.3 is 10.1 Å². The summed E-state index contributed by atoms with van der Waals surface area (Å²) in [6, 6.07) is 16.6. The van der Waals surface area contributed by atoms with Crippen molar-refractivity contribution in [3.05, 3.63) is 86.9 Å². The number of rotatable bonds is 3. The number of phenolic OH excluding ortho intramolecular Hbond substituents is 1. The number of nitrogens with one attached hydrogen (secondary N) is 1. The van der Waals surface area contributed by atoms with Gasteiger partial charge in [0.05, 0.1) is 17.2 Å². The van der Waals surface area contributed by atoms with E-state index in [4.69, 9.17) is 0 Å². The first-order chi connectivity index (χ1) is 10.6. The van der Waals surface area contributed by atoms with Gasteiger partial charge in [0.2, 0.25) is 0 Å². The van der Waals surface area contributed by atoms with Gasteiger partial charge in [0.1, 0.15) is 5.75 Å². The molecule has 4 heteroatoms. The summed E-state index contributed by atoms with van der Waals surface area (Å²) in [5.41, 5.74) is 1.76. The van der Waals surface area contributed by atoms with Crippen molar-refractivity contribution in [3.63, 3.8) is 0 Å². The summed E-state index contributed by atoms with van der Waals surface area (Å²) in [5, 5.41) is 10.7. The van der Waals surface area contributed by atoms with E-state index in [9.17, 15) is 9.90 Å². The quantitative estimate of drug-likeness (QED) is 0.761. The molecule has 0 unspecified atom stereocenters. The minimum atomic E-state index is -0.182. The zero-order valence-electron chi connectivity index (χ0n) is 12.0. The fourth-order valence-electron chi connectivity index (χ4n) is 2.35. The van der Waals surface area contributed by atoms with Crippen LogP contribution in [0.2, 0.25) is 0 Å². The second-order valence-corrected chi connectivity index (χ2v) is 5.10. The van der Waals surface area contributed by atoms with E-state index in [1.807, 2.05) is 36.4 Å². The first-order valence-electron chi connectivity index (χ1n) is 6.96. The molecule has 0 bridgehead atoms. The summed E-state index contributed by atoms with van der Waals surface area (Å²) >= 11 is 0.